The van der Waals surface area contributed by atoms with E-state index in [2.05, 4.69) is 40.2 Å². The van der Waals surface area contributed by atoms with Crippen molar-refractivity contribution in [2.75, 3.05) is 19.0 Å². The van der Waals surface area contributed by atoms with Gasteiger partial charge in [-0.15, -0.1) is 0 Å². The molecule has 0 spiro atoms. The highest BCUT2D eigenvalue weighted by molar-refractivity contribution is 5.84. The van der Waals surface area contributed by atoms with Crippen LogP contribution in [0.1, 0.15) is 37.6 Å². The molecule has 9 heteroatoms. The first kappa shape index (κ1) is 22.8. The highest BCUT2D eigenvalue weighted by Crippen LogP contribution is 2.20. The van der Waals surface area contributed by atoms with E-state index >= 15 is 0 Å². The normalized spacial score (nSPS) is 10.6. The van der Waals surface area contributed by atoms with Crippen LogP contribution in [-0.2, 0) is 16.0 Å². The molecule has 0 saturated carbocycles. The Morgan fingerprint density at radius 1 is 1.00 bits per heavy atom. The topological polar surface area (TPSA) is 118 Å². The lowest BCUT2D eigenvalue weighted by Crippen LogP contribution is -2.44. The summed E-state index contributed by atoms with van der Waals surface area (Å²) in [5.41, 5.74) is 7.59. The van der Waals surface area contributed by atoms with Gasteiger partial charge in [0.25, 0.3) is 5.91 Å². The molecule has 0 bridgehead atoms. The number of nitrogens with zero attached hydrogens (tertiary/aromatic N) is 2. The van der Waals surface area contributed by atoms with Crippen LogP contribution in [0, 0.1) is 0 Å². The number of amides is 2. The van der Waals surface area contributed by atoms with Gasteiger partial charge in [-0.1, -0.05) is 43.3 Å². The summed E-state index contributed by atoms with van der Waals surface area (Å²) in [7, 11) is 1.58. The maximum absolute atomic E-state index is 12.0. The number of nitrogens with one attached hydrogen (secondary N) is 3. The molecule has 0 saturated heterocycles. The Morgan fingerprint density at radius 3 is 2.34 bits per heavy atom. The minimum absolute atomic E-state index is 0.00915. The first-order valence-electron chi connectivity index (χ1n) is 10.3. The monoisotopic (exact) mass is 437 g/mol. The second-order valence-corrected chi connectivity index (χ2v) is 7.47. The molecule has 3 rings (SSSR count). The number of carbonyl (C=O) groups excluding carboxylic acids is 2. The van der Waals surface area contributed by atoms with Gasteiger partial charge in [-0.25, -0.2) is 0 Å². The molecule has 0 atom stereocenters. The highest BCUT2D eigenvalue weighted by Gasteiger charge is 2.12. The zero-order chi connectivity index (χ0) is 22.9. The summed E-state index contributed by atoms with van der Waals surface area (Å²) in [6, 6.07) is 15.1. The number of carbonyl (C=O) groups is 2. The molecular formula is C23H27N5O4. The maximum Gasteiger partial charge on any atom is 0.257 e. The smallest absolute Gasteiger partial charge is 0.257 e. The van der Waals surface area contributed by atoms with E-state index < -0.39 is 0 Å². The molecule has 0 radical (unpaired) electrons. The van der Waals surface area contributed by atoms with Crippen molar-refractivity contribution in [3.05, 3.63) is 60.0 Å². The maximum atomic E-state index is 12.0. The number of ether oxygens (including phenoxy) is 1. The van der Waals surface area contributed by atoms with Gasteiger partial charge in [-0.3, -0.25) is 20.4 Å². The van der Waals surface area contributed by atoms with Crippen molar-refractivity contribution in [1.82, 2.24) is 21.0 Å². The second-order valence-electron chi connectivity index (χ2n) is 7.47. The van der Waals surface area contributed by atoms with Crippen molar-refractivity contribution in [1.29, 1.82) is 0 Å². The third-order valence-corrected chi connectivity index (χ3v) is 4.75. The van der Waals surface area contributed by atoms with Crippen molar-refractivity contribution in [2.45, 2.75) is 32.6 Å². The van der Waals surface area contributed by atoms with Gasteiger partial charge in [-0.2, -0.15) is 4.98 Å². The summed E-state index contributed by atoms with van der Waals surface area (Å²) < 4.78 is 10.3. The van der Waals surface area contributed by atoms with E-state index in [4.69, 9.17) is 9.26 Å². The average molecular weight is 438 g/mol. The molecule has 0 aliphatic rings. The van der Waals surface area contributed by atoms with Crippen molar-refractivity contribution in [3.63, 3.8) is 0 Å². The predicted octanol–water partition coefficient (Wildman–Crippen LogP) is 3.06. The Hall–Kier alpha value is -3.88. The van der Waals surface area contributed by atoms with Gasteiger partial charge in [0.1, 0.15) is 5.75 Å². The lowest BCUT2D eigenvalue weighted by molar-refractivity contribution is -0.128. The minimum atomic E-state index is -0.376. The number of methoxy groups -OCH3 is 1. The van der Waals surface area contributed by atoms with E-state index in [1.54, 1.807) is 31.4 Å². The number of aryl methyl sites for hydroxylation is 1. The van der Waals surface area contributed by atoms with Crippen molar-refractivity contribution in [2.24, 2.45) is 0 Å². The van der Waals surface area contributed by atoms with Crippen LogP contribution in [0.25, 0.3) is 11.4 Å². The molecule has 1 heterocycles. The number of hydrogen-bond donors (Lipinski definition) is 3. The van der Waals surface area contributed by atoms with Crippen LogP contribution in [0.15, 0.2) is 53.1 Å². The van der Waals surface area contributed by atoms with Crippen LogP contribution < -0.4 is 20.9 Å². The molecule has 0 unspecified atom stereocenters. The first-order chi connectivity index (χ1) is 15.4. The van der Waals surface area contributed by atoms with Crippen molar-refractivity contribution >= 4 is 17.5 Å². The highest BCUT2D eigenvalue weighted by atomic mass is 16.5. The van der Waals surface area contributed by atoms with Gasteiger partial charge in [0.2, 0.25) is 17.6 Å². The van der Waals surface area contributed by atoms with Crippen LogP contribution in [0.2, 0.25) is 0 Å². The third-order valence-electron chi connectivity index (χ3n) is 4.75. The lowest BCUT2D eigenvalue weighted by Gasteiger charge is -2.09. The van der Waals surface area contributed by atoms with E-state index in [0.717, 1.165) is 17.0 Å². The Labute approximate surface area is 186 Å². The number of benzene rings is 2. The number of hydrazine groups is 1. The molecule has 2 aromatic carbocycles. The Morgan fingerprint density at radius 2 is 1.69 bits per heavy atom. The number of aromatic nitrogens is 2. The zero-order valence-corrected chi connectivity index (χ0v) is 18.3. The molecule has 0 aliphatic heterocycles. The van der Waals surface area contributed by atoms with Gasteiger partial charge in [0, 0.05) is 24.1 Å². The molecule has 3 N–H and O–H groups in total. The first-order valence-corrected chi connectivity index (χ1v) is 10.3. The van der Waals surface area contributed by atoms with Gasteiger partial charge in [0.15, 0.2) is 0 Å². The van der Waals surface area contributed by atoms with Crippen LogP contribution in [0.4, 0.5) is 5.69 Å². The summed E-state index contributed by atoms with van der Waals surface area (Å²) in [6.45, 7) is 4.27. The van der Waals surface area contributed by atoms with E-state index in [-0.39, 0.29) is 31.2 Å². The summed E-state index contributed by atoms with van der Waals surface area (Å²) in [5, 5.41) is 6.93. The van der Waals surface area contributed by atoms with Gasteiger partial charge < -0.3 is 14.6 Å². The molecule has 168 valence electrons. The van der Waals surface area contributed by atoms with Gasteiger partial charge >= 0.3 is 0 Å². The fourth-order valence-electron chi connectivity index (χ4n) is 2.85. The lowest BCUT2D eigenvalue weighted by atomic mass is 10.0. The molecule has 32 heavy (non-hydrogen) atoms. The van der Waals surface area contributed by atoms with Crippen LogP contribution in [0.3, 0.4) is 0 Å². The summed E-state index contributed by atoms with van der Waals surface area (Å²) in [6.07, 6.45) is 0.364. The predicted molar refractivity (Wildman–Crippen MR) is 120 cm³/mol. The largest absolute Gasteiger partial charge is 0.497 e. The van der Waals surface area contributed by atoms with Crippen LogP contribution >= 0.6 is 0 Å². The van der Waals surface area contributed by atoms with Gasteiger partial charge in [-0.05, 0) is 35.7 Å². The Kier molecular flexibility index (Phi) is 7.80. The SMILES string of the molecule is COc1ccc(NCC(=O)NNC(=O)CCc2nc(-c3ccc(C(C)C)cc3)no2)cc1. The molecule has 3 aromatic rings. The summed E-state index contributed by atoms with van der Waals surface area (Å²) >= 11 is 0. The van der Waals surface area contributed by atoms with Crippen molar-refractivity contribution in [3.8, 4) is 17.1 Å². The molecule has 0 aliphatic carbocycles. The second kappa shape index (κ2) is 10.9. The molecule has 0 fully saturated rings. The third kappa shape index (κ3) is 6.56. The fraction of sp³-hybridized carbons (Fsp3) is 0.304. The van der Waals surface area contributed by atoms with E-state index in [1.165, 1.54) is 5.56 Å². The van der Waals surface area contributed by atoms with Crippen LogP contribution in [-0.4, -0.2) is 35.6 Å². The summed E-state index contributed by atoms with van der Waals surface area (Å²) in [4.78, 5) is 28.2. The quantitative estimate of drug-likeness (QED) is 0.440. The Balaban J connectivity index is 1.38. The fourth-order valence-corrected chi connectivity index (χ4v) is 2.85. The minimum Gasteiger partial charge on any atom is -0.497 e. The van der Waals surface area contributed by atoms with E-state index in [0.29, 0.717) is 17.6 Å². The van der Waals surface area contributed by atoms with E-state index in [9.17, 15) is 9.59 Å². The molecule has 1 aromatic heterocycles. The van der Waals surface area contributed by atoms with Gasteiger partial charge in [0.05, 0.1) is 13.7 Å². The number of rotatable bonds is 9. The Bertz CT molecular complexity index is 1030. The molecule has 9 nitrogen and oxygen atoms in total. The standard InChI is InChI=1S/C23H27N5O4/c1-15(2)16-4-6-17(7-5-16)23-25-22(32-28-23)13-12-20(29)26-27-21(30)14-24-18-8-10-19(31-3)11-9-18/h4-11,15,24H,12-14H2,1-3H3,(H,26,29)(H,27,30). The van der Waals surface area contributed by atoms with E-state index in [1.807, 2.05) is 24.3 Å². The molecular weight excluding hydrogens is 410 g/mol. The number of hydrogen-bond acceptors (Lipinski definition) is 7. The average Bonchev–Trinajstić information content (AvgIpc) is 3.29. The van der Waals surface area contributed by atoms with Crippen LogP contribution in [0.5, 0.6) is 5.75 Å². The zero-order valence-electron chi connectivity index (χ0n) is 18.3. The number of anilines is 1. The summed E-state index contributed by atoms with van der Waals surface area (Å²) in [5.74, 6) is 1.28. The molecule has 2 amide bonds. The van der Waals surface area contributed by atoms with Crippen molar-refractivity contribution < 1.29 is 18.8 Å².